The topological polar surface area (TPSA) is 116 Å². The van der Waals surface area contributed by atoms with E-state index in [1.165, 1.54) is 16.7 Å². The summed E-state index contributed by atoms with van der Waals surface area (Å²) in [6.45, 7) is 6.92. The number of alkyl halides is 3. The molecule has 4 rings (SSSR count). The normalized spacial score (nSPS) is 18.5. The summed E-state index contributed by atoms with van der Waals surface area (Å²) in [7, 11) is 1.60. The van der Waals surface area contributed by atoms with Crippen LogP contribution in [0.4, 0.5) is 23.8 Å². The summed E-state index contributed by atoms with van der Waals surface area (Å²) in [5.74, 6) is 0.394. The van der Waals surface area contributed by atoms with Crippen LogP contribution in [0.2, 0.25) is 0 Å². The van der Waals surface area contributed by atoms with Crippen molar-refractivity contribution in [3.63, 3.8) is 0 Å². The van der Waals surface area contributed by atoms with Crippen molar-refractivity contribution in [3.8, 4) is 6.07 Å². The Hall–Kier alpha value is -4.18. The highest BCUT2D eigenvalue weighted by molar-refractivity contribution is 5.86. The summed E-state index contributed by atoms with van der Waals surface area (Å²) in [6.07, 6.45) is -3.75. The maximum absolute atomic E-state index is 13.3. The molecule has 3 heterocycles. The molecule has 0 bridgehead atoms. The molecule has 1 fully saturated rings. The maximum Gasteiger partial charge on any atom is 0.416 e. The number of hydrogen-bond donors (Lipinski definition) is 1. The molecule has 42 heavy (non-hydrogen) atoms. The van der Waals surface area contributed by atoms with Crippen molar-refractivity contribution >= 4 is 22.9 Å². The number of anilines is 1. The summed E-state index contributed by atoms with van der Waals surface area (Å²) < 4.78 is 46.3. The van der Waals surface area contributed by atoms with Crippen LogP contribution in [0.25, 0.3) is 11.0 Å². The molecule has 13 heteroatoms. The van der Waals surface area contributed by atoms with E-state index in [4.69, 9.17) is 4.74 Å². The zero-order valence-electron chi connectivity index (χ0n) is 24.0. The number of carbonyl (C=O) groups excluding carboxylic acids is 1. The molecule has 1 amide bonds. The number of nitrogens with one attached hydrogen (secondary N) is 1. The van der Waals surface area contributed by atoms with E-state index in [1.807, 2.05) is 24.8 Å². The van der Waals surface area contributed by atoms with Crippen molar-refractivity contribution in [2.45, 2.75) is 57.9 Å². The van der Waals surface area contributed by atoms with Crippen LogP contribution in [-0.2, 0) is 18.0 Å². The fourth-order valence-corrected chi connectivity index (χ4v) is 5.48. The molecule has 2 aromatic heterocycles. The number of piperazine rings is 1. The van der Waals surface area contributed by atoms with E-state index in [0.717, 1.165) is 12.1 Å². The highest BCUT2D eigenvalue weighted by atomic mass is 19.4. The summed E-state index contributed by atoms with van der Waals surface area (Å²) in [6, 6.07) is 9.56. The van der Waals surface area contributed by atoms with E-state index in [2.05, 4.69) is 20.2 Å². The number of nitriles is 1. The molecule has 0 spiro atoms. The lowest BCUT2D eigenvalue weighted by Gasteiger charge is -2.49. The Balaban J connectivity index is 1.74. The fraction of sp³-hybridized carbons (Fsp3) is 0.483. The number of hydrogen-bond acceptors (Lipinski definition) is 8. The van der Waals surface area contributed by atoms with Crippen LogP contribution in [0.3, 0.4) is 0 Å². The van der Waals surface area contributed by atoms with Crippen LogP contribution >= 0.6 is 0 Å². The van der Waals surface area contributed by atoms with Crippen molar-refractivity contribution in [1.82, 2.24) is 24.8 Å². The molecule has 1 aliphatic heterocycles. The standard InChI is InChI=1S/C29H34F3N7O3/c1-5-21-17-39(26-25-23(37(4)27(40)36-26)13-12-20(14-33)35-25)22(6-2)16-38(21)24(15-34-28(41)42-7-3)18-8-10-19(11-9-18)29(30,31)32/h8-13,21-22,24H,5-7,15-17H2,1-4H3,(H,34,41)/t21-,22+,24?/m1/s1. The number of benzene rings is 1. The Morgan fingerprint density at radius 3 is 2.38 bits per heavy atom. The second kappa shape index (κ2) is 12.8. The van der Waals surface area contributed by atoms with Gasteiger partial charge in [0.25, 0.3) is 0 Å². The zero-order chi connectivity index (χ0) is 30.6. The van der Waals surface area contributed by atoms with E-state index in [0.29, 0.717) is 48.3 Å². The summed E-state index contributed by atoms with van der Waals surface area (Å²) in [4.78, 5) is 38.2. The fourth-order valence-electron chi connectivity index (χ4n) is 5.48. The molecule has 1 aliphatic rings. The van der Waals surface area contributed by atoms with Gasteiger partial charge < -0.3 is 15.0 Å². The lowest BCUT2D eigenvalue weighted by atomic mass is 9.95. The van der Waals surface area contributed by atoms with Crippen LogP contribution in [0, 0.1) is 11.3 Å². The molecule has 3 atom stereocenters. The van der Waals surface area contributed by atoms with Gasteiger partial charge in [-0.2, -0.15) is 23.4 Å². The molecule has 1 saturated heterocycles. The molecule has 1 aromatic carbocycles. The summed E-state index contributed by atoms with van der Waals surface area (Å²) in [5.41, 5.74) is 0.626. The number of alkyl carbamates (subject to hydrolysis) is 1. The highest BCUT2D eigenvalue weighted by Crippen LogP contribution is 2.35. The lowest BCUT2D eigenvalue weighted by Crippen LogP contribution is -2.60. The Labute approximate surface area is 241 Å². The third kappa shape index (κ3) is 6.33. The first kappa shape index (κ1) is 30.8. The van der Waals surface area contributed by atoms with E-state index >= 15 is 0 Å². The largest absolute Gasteiger partial charge is 0.450 e. The average Bonchev–Trinajstić information content (AvgIpc) is 2.98. The Morgan fingerprint density at radius 2 is 1.79 bits per heavy atom. The van der Waals surface area contributed by atoms with Crippen LogP contribution in [0.15, 0.2) is 41.2 Å². The lowest BCUT2D eigenvalue weighted by molar-refractivity contribution is -0.137. The van der Waals surface area contributed by atoms with Crippen LogP contribution < -0.4 is 15.9 Å². The Morgan fingerprint density at radius 1 is 1.10 bits per heavy atom. The van der Waals surface area contributed by atoms with Crippen LogP contribution in [0.5, 0.6) is 0 Å². The molecule has 224 valence electrons. The monoisotopic (exact) mass is 585 g/mol. The van der Waals surface area contributed by atoms with Crippen molar-refractivity contribution in [3.05, 3.63) is 63.7 Å². The van der Waals surface area contributed by atoms with Gasteiger partial charge in [0.1, 0.15) is 17.3 Å². The number of amides is 1. The van der Waals surface area contributed by atoms with Gasteiger partial charge in [-0.3, -0.25) is 9.47 Å². The first-order valence-electron chi connectivity index (χ1n) is 13.9. The zero-order valence-corrected chi connectivity index (χ0v) is 24.0. The highest BCUT2D eigenvalue weighted by Gasteiger charge is 2.39. The third-order valence-electron chi connectivity index (χ3n) is 7.74. The van der Waals surface area contributed by atoms with Gasteiger partial charge in [0.15, 0.2) is 5.82 Å². The second-order valence-electron chi connectivity index (χ2n) is 10.2. The summed E-state index contributed by atoms with van der Waals surface area (Å²) >= 11 is 0. The van der Waals surface area contributed by atoms with Gasteiger partial charge in [0.05, 0.1) is 23.7 Å². The number of rotatable bonds is 8. The van der Waals surface area contributed by atoms with Crippen molar-refractivity contribution in [2.24, 2.45) is 7.05 Å². The van der Waals surface area contributed by atoms with Gasteiger partial charge in [0, 0.05) is 38.8 Å². The first-order valence-corrected chi connectivity index (χ1v) is 13.9. The third-order valence-corrected chi connectivity index (χ3v) is 7.74. The van der Waals surface area contributed by atoms with Crippen molar-refractivity contribution in [1.29, 1.82) is 5.26 Å². The summed E-state index contributed by atoms with van der Waals surface area (Å²) in [5, 5.41) is 12.2. The van der Waals surface area contributed by atoms with Crippen LogP contribution in [0.1, 0.15) is 56.5 Å². The minimum absolute atomic E-state index is 0.121. The molecule has 1 N–H and O–H groups in total. The molecule has 0 saturated carbocycles. The van der Waals surface area contributed by atoms with Gasteiger partial charge in [-0.05, 0) is 49.6 Å². The SMILES string of the molecule is CCOC(=O)NCC(c1ccc(C(F)(F)F)cc1)N1C[C@H](CC)N(c2nc(=O)n(C)c3ccc(C#N)nc23)C[C@H]1CC. The Bertz CT molecular complexity index is 1520. The number of pyridine rings is 1. The molecule has 1 unspecified atom stereocenters. The predicted octanol–water partition coefficient (Wildman–Crippen LogP) is 4.39. The molecule has 3 aromatic rings. The number of carbonyl (C=O) groups is 1. The van der Waals surface area contributed by atoms with Gasteiger partial charge in [-0.25, -0.2) is 14.6 Å². The second-order valence-corrected chi connectivity index (χ2v) is 10.2. The molecular weight excluding hydrogens is 551 g/mol. The smallest absolute Gasteiger partial charge is 0.416 e. The Kier molecular flexibility index (Phi) is 9.36. The number of aromatic nitrogens is 3. The number of aryl methyl sites for hydroxylation is 1. The number of halogens is 3. The van der Waals surface area contributed by atoms with Gasteiger partial charge in [-0.1, -0.05) is 26.0 Å². The number of nitrogens with zero attached hydrogens (tertiary/aromatic N) is 6. The maximum atomic E-state index is 13.3. The van der Waals surface area contributed by atoms with Gasteiger partial charge >= 0.3 is 18.0 Å². The average molecular weight is 586 g/mol. The van der Waals surface area contributed by atoms with Gasteiger partial charge in [-0.15, -0.1) is 0 Å². The van der Waals surface area contributed by atoms with E-state index in [9.17, 15) is 28.0 Å². The van der Waals surface area contributed by atoms with E-state index < -0.39 is 29.6 Å². The molecule has 10 nitrogen and oxygen atoms in total. The van der Waals surface area contributed by atoms with E-state index in [1.54, 1.807) is 26.1 Å². The first-order chi connectivity index (χ1) is 20.0. The van der Waals surface area contributed by atoms with E-state index in [-0.39, 0.29) is 30.9 Å². The quantitative estimate of drug-likeness (QED) is 0.414. The minimum atomic E-state index is -4.47. The number of fused-ring (bicyclic) bond motifs is 1. The molecule has 0 radical (unpaired) electrons. The van der Waals surface area contributed by atoms with Gasteiger partial charge in [0.2, 0.25) is 0 Å². The minimum Gasteiger partial charge on any atom is -0.450 e. The molecular formula is C29H34F3N7O3. The van der Waals surface area contributed by atoms with Crippen LogP contribution in [-0.4, -0.2) is 63.9 Å². The predicted molar refractivity (Wildman–Crippen MR) is 151 cm³/mol. The van der Waals surface area contributed by atoms with Crippen molar-refractivity contribution < 1.29 is 22.7 Å². The molecule has 0 aliphatic carbocycles. The number of ether oxygens (including phenoxy) is 1. The van der Waals surface area contributed by atoms with Crippen molar-refractivity contribution in [2.75, 3.05) is 31.1 Å².